The Kier molecular flexibility index (Phi) is 4.69. The van der Waals surface area contributed by atoms with Gasteiger partial charge in [0.25, 0.3) is 0 Å². The van der Waals surface area contributed by atoms with Crippen LogP contribution in [0.3, 0.4) is 0 Å². The maximum atomic E-state index is 11.5. The molecule has 0 heterocycles. The zero-order chi connectivity index (χ0) is 12.8. The Bertz CT molecular complexity index is 398. The first-order chi connectivity index (χ1) is 8.10. The largest absolute Gasteiger partial charge is 0.462 e. The molecule has 0 aliphatic rings. The topological polar surface area (TPSA) is 46.6 Å². The molecule has 0 fully saturated rings. The molecule has 0 aliphatic heterocycles. The quantitative estimate of drug-likeness (QED) is 0.752. The highest BCUT2D eigenvalue weighted by atomic mass is 16.5. The van der Waals surface area contributed by atoms with Crippen molar-refractivity contribution in [3.63, 3.8) is 0 Å². The molecular weight excluding hydrogens is 218 g/mol. The predicted octanol–water partition coefficient (Wildman–Crippen LogP) is 2.24. The second-order valence-electron chi connectivity index (χ2n) is 3.57. The molecule has 0 atom stereocenters. The number of carbonyl (C=O) groups is 2. The fourth-order valence-electron chi connectivity index (χ4n) is 1.42. The van der Waals surface area contributed by atoms with Crippen molar-refractivity contribution in [2.45, 2.75) is 20.3 Å². The van der Waals surface area contributed by atoms with Crippen LogP contribution >= 0.6 is 0 Å². The summed E-state index contributed by atoms with van der Waals surface area (Å²) in [5.74, 6) is -0.308. The molecule has 0 aliphatic carbocycles. The molecule has 0 bridgehead atoms. The molecule has 0 N–H and O–H groups in total. The second-order valence-corrected chi connectivity index (χ2v) is 3.57. The van der Waals surface area contributed by atoms with Crippen LogP contribution in [-0.4, -0.2) is 25.5 Å². The van der Waals surface area contributed by atoms with Crippen molar-refractivity contribution in [3.8, 4) is 0 Å². The molecule has 17 heavy (non-hydrogen) atoms. The minimum Gasteiger partial charge on any atom is -0.462 e. The highest BCUT2D eigenvalue weighted by Crippen LogP contribution is 2.15. The van der Waals surface area contributed by atoms with Crippen molar-refractivity contribution in [1.82, 2.24) is 0 Å². The average Bonchev–Trinajstić information content (AvgIpc) is 2.37. The number of rotatable bonds is 4. The van der Waals surface area contributed by atoms with Crippen LogP contribution in [0.1, 0.15) is 30.6 Å². The summed E-state index contributed by atoms with van der Waals surface area (Å²) in [5, 5.41) is 0. The minimum atomic E-state index is -0.344. The van der Waals surface area contributed by atoms with Crippen molar-refractivity contribution in [2.75, 3.05) is 18.6 Å². The van der Waals surface area contributed by atoms with Crippen LogP contribution in [0.15, 0.2) is 24.3 Å². The van der Waals surface area contributed by atoms with Gasteiger partial charge in [-0.05, 0) is 31.2 Å². The Morgan fingerprint density at radius 2 is 1.76 bits per heavy atom. The second kappa shape index (κ2) is 6.03. The number of carbonyl (C=O) groups excluding carboxylic acids is 2. The van der Waals surface area contributed by atoms with Crippen molar-refractivity contribution in [1.29, 1.82) is 0 Å². The Morgan fingerprint density at radius 3 is 2.24 bits per heavy atom. The lowest BCUT2D eigenvalue weighted by molar-refractivity contribution is -0.118. The molecule has 4 nitrogen and oxygen atoms in total. The molecule has 1 rings (SSSR count). The highest BCUT2D eigenvalue weighted by molar-refractivity contribution is 5.94. The van der Waals surface area contributed by atoms with Crippen LogP contribution in [0.5, 0.6) is 0 Å². The molecule has 1 aromatic carbocycles. The van der Waals surface area contributed by atoms with Crippen LogP contribution in [0, 0.1) is 0 Å². The molecule has 1 aromatic rings. The molecule has 0 saturated heterocycles. The van der Waals surface area contributed by atoms with Crippen LogP contribution in [0.25, 0.3) is 0 Å². The lowest BCUT2D eigenvalue weighted by Crippen LogP contribution is -2.25. The molecule has 0 unspecified atom stereocenters. The van der Waals surface area contributed by atoms with E-state index in [0.717, 1.165) is 5.69 Å². The van der Waals surface area contributed by atoms with E-state index in [2.05, 4.69) is 0 Å². The van der Waals surface area contributed by atoms with E-state index in [1.807, 2.05) is 6.92 Å². The first kappa shape index (κ1) is 13.2. The number of anilines is 1. The number of esters is 1. The highest BCUT2D eigenvalue weighted by Gasteiger charge is 2.10. The van der Waals surface area contributed by atoms with E-state index in [1.165, 1.54) is 0 Å². The van der Waals surface area contributed by atoms with Gasteiger partial charge in [-0.25, -0.2) is 4.79 Å². The summed E-state index contributed by atoms with van der Waals surface area (Å²) in [6, 6.07) is 6.79. The smallest absolute Gasteiger partial charge is 0.338 e. The number of hydrogen-bond acceptors (Lipinski definition) is 3. The minimum absolute atomic E-state index is 0.0360. The summed E-state index contributed by atoms with van der Waals surface area (Å²) < 4.78 is 4.88. The van der Waals surface area contributed by atoms with Gasteiger partial charge in [0.1, 0.15) is 0 Å². The number of ether oxygens (including phenoxy) is 1. The number of nitrogens with zero attached hydrogens (tertiary/aromatic N) is 1. The van der Waals surface area contributed by atoms with Crippen molar-refractivity contribution >= 4 is 17.6 Å². The molecule has 4 heteroatoms. The summed E-state index contributed by atoms with van der Waals surface area (Å²) in [5.41, 5.74) is 1.26. The monoisotopic (exact) mass is 235 g/mol. The van der Waals surface area contributed by atoms with Gasteiger partial charge in [0.2, 0.25) is 5.91 Å². The SMILES string of the molecule is CCOC(=O)c1ccc(N(C)C(=O)CC)cc1. The number of amides is 1. The average molecular weight is 235 g/mol. The molecule has 1 amide bonds. The van der Waals surface area contributed by atoms with E-state index >= 15 is 0 Å². The summed E-state index contributed by atoms with van der Waals surface area (Å²) in [6.45, 7) is 3.93. The lowest BCUT2D eigenvalue weighted by atomic mass is 10.2. The zero-order valence-electron chi connectivity index (χ0n) is 10.4. The van der Waals surface area contributed by atoms with E-state index in [1.54, 1.807) is 43.1 Å². The van der Waals surface area contributed by atoms with Gasteiger partial charge in [-0.3, -0.25) is 4.79 Å². The first-order valence-corrected chi connectivity index (χ1v) is 5.63. The molecule has 92 valence electrons. The Balaban J connectivity index is 2.81. The third kappa shape index (κ3) is 3.31. The molecule has 0 spiro atoms. The van der Waals surface area contributed by atoms with Gasteiger partial charge < -0.3 is 9.64 Å². The lowest BCUT2D eigenvalue weighted by Gasteiger charge is -2.16. The van der Waals surface area contributed by atoms with Crippen LogP contribution < -0.4 is 4.90 Å². The fourth-order valence-corrected chi connectivity index (χ4v) is 1.42. The third-order valence-corrected chi connectivity index (χ3v) is 2.44. The summed E-state index contributed by atoms with van der Waals surface area (Å²) >= 11 is 0. The van der Waals surface area contributed by atoms with E-state index < -0.39 is 0 Å². The van der Waals surface area contributed by atoms with Crippen LogP contribution in [-0.2, 0) is 9.53 Å². The normalized spacial score (nSPS) is 9.82. The van der Waals surface area contributed by atoms with Crippen LogP contribution in [0.4, 0.5) is 5.69 Å². The third-order valence-electron chi connectivity index (χ3n) is 2.44. The molecule has 0 saturated carbocycles. The standard InChI is InChI=1S/C13H17NO3/c1-4-12(15)14(3)11-8-6-10(7-9-11)13(16)17-5-2/h6-9H,4-5H2,1-3H3. The molecular formula is C13H17NO3. The number of benzene rings is 1. The fraction of sp³-hybridized carbons (Fsp3) is 0.385. The van der Waals surface area contributed by atoms with Crippen LogP contribution in [0.2, 0.25) is 0 Å². The first-order valence-electron chi connectivity index (χ1n) is 5.63. The summed E-state index contributed by atoms with van der Waals surface area (Å²) in [7, 11) is 1.71. The Hall–Kier alpha value is -1.84. The van der Waals surface area contributed by atoms with Gasteiger partial charge >= 0.3 is 5.97 Å². The van der Waals surface area contributed by atoms with Gasteiger partial charge in [0.15, 0.2) is 0 Å². The van der Waals surface area contributed by atoms with E-state index in [4.69, 9.17) is 4.74 Å². The summed E-state index contributed by atoms with van der Waals surface area (Å²) in [4.78, 5) is 24.4. The van der Waals surface area contributed by atoms with Crippen molar-refractivity contribution in [3.05, 3.63) is 29.8 Å². The van der Waals surface area contributed by atoms with E-state index in [0.29, 0.717) is 18.6 Å². The maximum Gasteiger partial charge on any atom is 0.338 e. The molecule has 0 radical (unpaired) electrons. The van der Waals surface area contributed by atoms with Gasteiger partial charge in [-0.1, -0.05) is 6.92 Å². The van der Waals surface area contributed by atoms with Crippen molar-refractivity contribution in [2.24, 2.45) is 0 Å². The van der Waals surface area contributed by atoms with Crippen molar-refractivity contribution < 1.29 is 14.3 Å². The Labute approximate surface area is 101 Å². The Morgan fingerprint density at radius 1 is 1.18 bits per heavy atom. The zero-order valence-corrected chi connectivity index (χ0v) is 10.4. The molecule has 0 aromatic heterocycles. The van der Waals surface area contributed by atoms with Gasteiger partial charge in [-0.15, -0.1) is 0 Å². The summed E-state index contributed by atoms with van der Waals surface area (Å²) in [6.07, 6.45) is 0.454. The van der Waals surface area contributed by atoms with Gasteiger partial charge in [0.05, 0.1) is 12.2 Å². The van der Waals surface area contributed by atoms with E-state index in [9.17, 15) is 9.59 Å². The maximum absolute atomic E-state index is 11.5. The predicted molar refractivity (Wildman–Crippen MR) is 66.1 cm³/mol. The van der Waals surface area contributed by atoms with Gasteiger partial charge in [-0.2, -0.15) is 0 Å². The number of hydrogen-bond donors (Lipinski definition) is 0. The van der Waals surface area contributed by atoms with E-state index in [-0.39, 0.29) is 11.9 Å². The van der Waals surface area contributed by atoms with Gasteiger partial charge in [0, 0.05) is 19.2 Å².